The molecule has 2 N–H and O–H groups in total. The highest BCUT2D eigenvalue weighted by Crippen LogP contribution is 2.32. The summed E-state index contributed by atoms with van der Waals surface area (Å²) in [7, 11) is 0. The summed E-state index contributed by atoms with van der Waals surface area (Å²) in [5.41, 5.74) is 8.23. The van der Waals surface area contributed by atoms with Crippen molar-refractivity contribution >= 4 is 5.69 Å². The molecule has 1 aromatic carbocycles. The first kappa shape index (κ1) is 15.4. The third kappa shape index (κ3) is 4.24. The predicted molar refractivity (Wildman–Crippen MR) is 87.9 cm³/mol. The average molecular weight is 274 g/mol. The molecule has 1 fully saturated rings. The summed E-state index contributed by atoms with van der Waals surface area (Å²) in [5, 5.41) is 0. The molecule has 20 heavy (non-hydrogen) atoms. The van der Waals surface area contributed by atoms with E-state index >= 15 is 0 Å². The van der Waals surface area contributed by atoms with Crippen LogP contribution in [0.25, 0.3) is 0 Å². The van der Waals surface area contributed by atoms with Crippen molar-refractivity contribution < 1.29 is 0 Å². The number of nitrogens with zero attached hydrogens (tertiary/aromatic N) is 1. The lowest BCUT2D eigenvalue weighted by atomic mass is 9.84. The van der Waals surface area contributed by atoms with Gasteiger partial charge in [-0.2, -0.15) is 0 Å². The summed E-state index contributed by atoms with van der Waals surface area (Å²) >= 11 is 0. The van der Waals surface area contributed by atoms with Crippen LogP contribution >= 0.6 is 0 Å². The lowest BCUT2D eigenvalue weighted by Crippen LogP contribution is -2.39. The molecule has 2 heteroatoms. The molecular formula is C18H30N2. The van der Waals surface area contributed by atoms with Crippen molar-refractivity contribution in [2.45, 2.75) is 58.4 Å². The fourth-order valence-electron chi connectivity index (χ4n) is 2.79. The van der Waals surface area contributed by atoms with Crippen molar-refractivity contribution in [1.29, 1.82) is 0 Å². The van der Waals surface area contributed by atoms with Crippen molar-refractivity contribution in [2.24, 2.45) is 5.92 Å². The molecule has 0 bridgehead atoms. The molecule has 0 heterocycles. The maximum Gasteiger partial charge on any atom is 0.0314 e. The molecule has 2 rings (SSSR count). The predicted octanol–water partition coefficient (Wildman–Crippen LogP) is 4.06. The Morgan fingerprint density at radius 1 is 1.20 bits per heavy atom. The molecular weight excluding hydrogens is 244 g/mol. The summed E-state index contributed by atoms with van der Waals surface area (Å²) in [5.74, 6) is 0.788. The molecule has 0 amide bonds. The van der Waals surface area contributed by atoms with Crippen LogP contribution in [0.3, 0.4) is 0 Å². The van der Waals surface area contributed by atoms with Crippen LogP contribution in [0.1, 0.15) is 52.5 Å². The average Bonchev–Trinajstić information content (AvgIpc) is 3.19. The van der Waals surface area contributed by atoms with Crippen LogP contribution in [0.15, 0.2) is 24.3 Å². The van der Waals surface area contributed by atoms with E-state index in [-0.39, 0.29) is 5.41 Å². The molecule has 1 aromatic rings. The minimum atomic E-state index is 0.188. The lowest BCUT2D eigenvalue weighted by molar-refractivity contribution is 0.203. The van der Waals surface area contributed by atoms with Gasteiger partial charge in [-0.05, 0) is 49.4 Å². The first-order chi connectivity index (χ1) is 9.38. The van der Waals surface area contributed by atoms with Crippen LogP contribution in [-0.2, 0) is 5.41 Å². The Morgan fingerprint density at radius 2 is 1.80 bits per heavy atom. The van der Waals surface area contributed by atoms with Crippen molar-refractivity contribution in [3.63, 3.8) is 0 Å². The monoisotopic (exact) mass is 274 g/mol. The van der Waals surface area contributed by atoms with E-state index in [1.165, 1.54) is 31.4 Å². The molecule has 0 aromatic heterocycles. The second kappa shape index (κ2) is 6.17. The maximum atomic E-state index is 5.80. The number of hydrogen-bond acceptors (Lipinski definition) is 2. The van der Waals surface area contributed by atoms with Gasteiger partial charge in [0.1, 0.15) is 0 Å². The Balaban J connectivity index is 2.02. The largest absolute Gasteiger partial charge is 0.399 e. The molecule has 0 saturated heterocycles. The van der Waals surface area contributed by atoms with Gasteiger partial charge in [-0.1, -0.05) is 39.8 Å². The van der Waals surface area contributed by atoms with Gasteiger partial charge in [-0.15, -0.1) is 0 Å². The van der Waals surface area contributed by atoms with Gasteiger partial charge in [-0.25, -0.2) is 0 Å². The van der Waals surface area contributed by atoms with Gasteiger partial charge in [0.2, 0.25) is 0 Å². The summed E-state index contributed by atoms with van der Waals surface area (Å²) in [4.78, 5) is 2.70. The van der Waals surface area contributed by atoms with Crippen molar-refractivity contribution in [3.8, 4) is 0 Å². The number of benzene rings is 1. The molecule has 1 aliphatic rings. The molecule has 0 radical (unpaired) electrons. The molecule has 0 unspecified atom stereocenters. The van der Waals surface area contributed by atoms with Gasteiger partial charge >= 0.3 is 0 Å². The smallest absolute Gasteiger partial charge is 0.0314 e. The normalized spacial score (nSPS) is 16.1. The lowest BCUT2D eigenvalue weighted by Gasteiger charge is -2.34. The van der Waals surface area contributed by atoms with Gasteiger partial charge < -0.3 is 5.73 Å². The third-order valence-electron chi connectivity index (χ3n) is 4.35. The van der Waals surface area contributed by atoms with Crippen LogP contribution in [0.5, 0.6) is 0 Å². The van der Waals surface area contributed by atoms with Crippen molar-refractivity contribution in [1.82, 2.24) is 4.90 Å². The molecule has 0 spiro atoms. The van der Waals surface area contributed by atoms with Gasteiger partial charge in [0, 0.05) is 23.7 Å². The maximum absolute atomic E-state index is 5.80. The minimum absolute atomic E-state index is 0.188. The fourth-order valence-corrected chi connectivity index (χ4v) is 2.79. The quantitative estimate of drug-likeness (QED) is 0.760. The number of anilines is 1. The van der Waals surface area contributed by atoms with E-state index in [1.807, 2.05) is 12.1 Å². The van der Waals surface area contributed by atoms with Gasteiger partial charge in [0.15, 0.2) is 0 Å². The second-order valence-electron chi connectivity index (χ2n) is 7.39. The van der Waals surface area contributed by atoms with Crippen LogP contribution in [0, 0.1) is 5.92 Å². The zero-order valence-electron chi connectivity index (χ0n) is 13.5. The molecule has 0 atom stereocenters. The van der Waals surface area contributed by atoms with Crippen LogP contribution in [0.2, 0.25) is 0 Å². The number of hydrogen-bond donors (Lipinski definition) is 1. The number of rotatable bonds is 7. The SMILES string of the molecule is CC(C)CCN(CC(C)(C)c1ccc(N)cc1)C1CC1. The first-order valence-corrected chi connectivity index (χ1v) is 7.98. The van der Waals surface area contributed by atoms with Gasteiger partial charge in [-0.3, -0.25) is 4.90 Å². The summed E-state index contributed by atoms with van der Waals surface area (Å²) < 4.78 is 0. The summed E-state index contributed by atoms with van der Waals surface area (Å²) in [6.07, 6.45) is 4.07. The Hall–Kier alpha value is -1.02. The van der Waals surface area contributed by atoms with E-state index in [0.29, 0.717) is 0 Å². The van der Waals surface area contributed by atoms with E-state index in [0.717, 1.165) is 24.2 Å². The van der Waals surface area contributed by atoms with Gasteiger partial charge in [0.25, 0.3) is 0 Å². The molecule has 2 nitrogen and oxygen atoms in total. The standard InChI is InChI=1S/C18H30N2/c1-14(2)11-12-20(17-9-10-17)13-18(3,4)15-5-7-16(19)8-6-15/h5-8,14,17H,9-13,19H2,1-4H3. The van der Waals surface area contributed by atoms with Crippen molar-refractivity contribution in [2.75, 3.05) is 18.8 Å². The van der Waals surface area contributed by atoms with Crippen LogP contribution in [0.4, 0.5) is 5.69 Å². The van der Waals surface area contributed by atoms with E-state index < -0.39 is 0 Å². The van der Waals surface area contributed by atoms with Crippen molar-refractivity contribution in [3.05, 3.63) is 29.8 Å². The zero-order valence-corrected chi connectivity index (χ0v) is 13.5. The number of nitrogen functional groups attached to an aromatic ring is 1. The highest BCUT2D eigenvalue weighted by Gasteiger charge is 2.33. The van der Waals surface area contributed by atoms with E-state index in [1.54, 1.807) is 0 Å². The van der Waals surface area contributed by atoms with Crippen LogP contribution in [-0.4, -0.2) is 24.0 Å². The topological polar surface area (TPSA) is 29.3 Å². The molecule has 1 aliphatic carbocycles. The zero-order chi connectivity index (χ0) is 14.8. The summed E-state index contributed by atoms with van der Waals surface area (Å²) in [6.45, 7) is 11.7. The molecule has 1 saturated carbocycles. The second-order valence-corrected chi connectivity index (χ2v) is 7.39. The van der Waals surface area contributed by atoms with Crippen LogP contribution < -0.4 is 5.73 Å². The van der Waals surface area contributed by atoms with E-state index in [4.69, 9.17) is 5.73 Å². The van der Waals surface area contributed by atoms with E-state index in [9.17, 15) is 0 Å². The molecule has 112 valence electrons. The first-order valence-electron chi connectivity index (χ1n) is 7.98. The highest BCUT2D eigenvalue weighted by molar-refractivity contribution is 5.41. The third-order valence-corrected chi connectivity index (χ3v) is 4.35. The Labute approximate surface area is 124 Å². The van der Waals surface area contributed by atoms with E-state index in [2.05, 4.69) is 44.7 Å². The molecule has 0 aliphatic heterocycles. The number of nitrogens with two attached hydrogens (primary N) is 1. The van der Waals surface area contributed by atoms with Gasteiger partial charge in [0.05, 0.1) is 0 Å². The highest BCUT2D eigenvalue weighted by atomic mass is 15.2. The Morgan fingerprint density at radius 3 is 2.30 bits per heavy atom. The minimum Gasteiger partial charge on any atom is -0.399 e. The Bertz CT molecular complexity index is 416. The fraction of sp³-hybridized carbons (Fsp3) is 0.667. The Kier molecular flexibility index (Phi) is 4.74. The summed E-state index contributed by atoms with van der Waals surface area (Å²) in [6, 6.07) is 9.24.